The van der Waals surface area contributed by atoms with Crippen LogP contribution in [0.2, 0.25) is 0 Å². The number of rotatable bonds is 5. The van der Waals surface area contributed by atoms with Crippen LogP contribution < -0.4 is 5.73 Å². The normalized spacial score (nSPS) is 22.5. The first kappa shape index (κ1) is 12.0. The molecule has 2 N–H and O–H groups in total. The Kier molecular flexibility index (Phi) is 5.45. The Balaban J connectivity index is 2.15. The van der Waals surface area contributed by atoms with E-state index in [-0.39, 0.29) is 0 Å². The van der Waals surface area contributed by atoms with Crippen molar-refractivity contribution in [2.75, 3.05) is 39.3 Å². The highest BCUT2D eigenvalue weighted by molar-refractivity contribution is 4.74. The Morgan fingerprint density at radius 2 is 1.64 bits per heavy atom. The zero-order valence-corrected chi connectivity index (χ0v) is 9.71. The molecule has 84 valence electrons. The third kappa shape index (κ3) is 3.95. The zero-order valence-electron chi connectivity index (χ0n) is 9.71. The summed E-state index contributed by atoms with van der Waals surface area (Å²) in [4.78, 5) is 5.01. The lowest BCUT2D eigenvalue weighted by Gasteiger charge is -2.35. The molecule has 0 aromatic rings. The summed E-state index contributed by atoms with van der Waals surface area (Å²) in [5, 5.41) is 0. The molecule has 0 radical (unpaired) electrons. The number of likely N-dealkylation sites (N-methyl/N-ethyl adjacent to an activating group) is 1. The smallest absolute Gasteiger partial charge is 0.0167 e. The lowest BCUT2D eigenvalue weighted by Crippen LogP contribution is -2.49. The minimum Gasteiger partial charge on any atom is -0.327 e. The molecule has 0 aliphatic carbocycles. The molecular formula is C11H25N3. The van der Waals surface area contributed by atoms with Crippen LogP contribution in [-0.2, 0) is 0 Å². The molecule has 1 saturated heterocycles. The van der Waals surface area contributed by atoms with E-state index < -0.39 is 0 Å². The molecule has 3 nitrogen and oxygen atoms in total. The molecule has 1 aliphatic rings. The average molecular weight is 199 g/mol. The molecule has 1 rings (SSSR count). The molecule has 14 heavy (non-hydrogen) atoms. The molecule has 1 atom stereocenters. The molecule has 3 heteroatoms. The molecule has 1 aliphatic heterocycles. The third-order valence-corrected chi connectivity index (χ3v) is 3.06. The van der Waals surface area contributed by atoms with E-state index in [1.165, 1.54) is 39.1 Å². The van der Waals surface area contributed by atoms with Crippen molar-refractivity contribution in [2.24, 2.45) is 5.73 Å². The minimum absolute atomic E-state index is 0.383. The topological polar surface area (TPSA) is 32.5 Å². The maximum atomic E-state index is 6.03. The van der Waals surface area contributed by atoms with Gasteiger partial charge < -0.3 is 10.6 Å². The van der Waals surface area contributed by atoms with Gasteiger partial charge in [-0.15, -0.1) is 0 Å². The van der Waals surface area contributed by atoms with E-state index in [1.807, 2.05) is 0 Å². The van der Waals surface area contributed by atoms with E-state index in [0.717, 1.165) is 13.0 Å². The fourth-order valence-corrected chi connectivity index (χ4v) is 2.08. The van der Waals surface area contributed by atoms with Gasteiger partial charge in [0, 0.05) is 38.8 Å². The first-order chi connectivity index (χ1) is 6.76. The summed E-state index contributed by atoms with van der Waals surface area (Å²) in [5.74, 6) is 0. The van der Waals surface area contributed by atoms with Gasteiger partial charge in [0.25, 0.3) is 0 Å². The van der Waals surface area contributed by atoms with Gasteiger partial charge in [0.1, 0.15) is 0 Å². The summed E-state index contributed by atoms with van der Waals surface area (Å²) in [6, 6.07) is 0.383. The molecule has 0 aromatic heterocycles. The van der Waals surface area contributed by atoms with Crippen LogP contribution in [0.5, 0.6) is 0 Å². The van der Waals surface area contributed by atoms with E-state index >= 15 is 0 Å². The number of piperazine rings is 1. The van der Waals surface area contributed by atoms with E-state index in [1.54, 1.807) is 0 Å². The SMILES string of the molecule is CCCC(N)CN1CCN(CC)CC1. The summed E-state index contributed by atoms with van der Waals surface area (Å²) < 4.78 is 0. The molecule has 0 spiro atoms. The van der Waals surface area contributed by atoms with E-state index in [2.05, 4.69) is 23.6 Å². The Bertz CT molecular complexity index is 141. The van der Waals surface area contributed by atoms with Crippen molar-refractivity contribution in [2.45, 2.75) is 32.7 Å². The van der Waals surface area contributed by atoms with E-state index in [4.69, 9.17) is 5.73 Å². The van der Waals surface area contributed by atoms with Crippen LogP contribution in [0.25, 0.3) is 0 Å². The standard InChI is InChI=1S/C11H25N3/c1-3-5-11(12)10-14-8-6-13(4-2)7-9-14/h11H,3-10,12H2,1-2H3. The van der Waals surface area contributed by atoms with Gasteiger partial charge in [-0.1, -0.05) is 20.3 Å². The number of hydrogen-bond acceptors (Lipinski definition) is 3. The monoisotopic (exact) mass is 199 g/mol. The highest BCUT2D eigenvalue weighted by Gasteiger charge is 2.16. The number of nitrogens with two attached hydrogens (primary N) is 1. The van der Waals surface area contributed by atoms with Crippen LogP contribution in [0.15, 0.2) is 0 Å². The minimum atomic E-state index is 0.383. The summed E-state index contributed by atoms with van der Waals surface area (Å²) in [7, 11) is 0. The van der Waals surface area contributed by atoms with Crippen molar-refractivity contribution in [1.82, 2.24) is 9.80 Å². The fraction of sp³-hybridized carbons (Fsp3) is 1.00. The molecule has 0 aromatic carbocycles. The first-order valence-corrected chi connectivity index (χ1v) is 5.96. The van der Waals surface area contributed by atoms with Gasteiger partial charge in [-0.05, 0) is 13.0 Å². The lowest BCUT2D eigenvalue weighted by molar-refractivity contribution is 0.130. The largest absolute Gasteiger partial charge is 0.327 e. The Morgan fingerprint density at radius 3 is 2.14 bits per heavy atom. The van der Waals surface area contributed by atoms with Crippen LogP contribution in [0.4, 0.5) is 0 Å². The van der Waals surface area contributed by atoms with E-state index in [9.17, 15) is 0 Å². The summed E-state index contributed by atoms with van der Waals surface area (Å²) in [5.41, 5.74) is 6.03. The molecule has 0 amide bonds. The quantitative estimate of drug-likeness (QED) is 0.709. The van der Waals surface area contributed by atoms with Crippen molar-refractivity contribution in [1.29, 1.82) is 0 Å². The molecular weight excluding hydrogens is 174 g/mol. The van der Waals surface area contributed by atoms with Crippen LogP contribution in [-0.4, -0.2) is 55.1 Å². The van der Waals surface area contributed by atoms with Crippen LogP contribution >= 0.6 is 0 Å². The van der Waals surface area contributed by atoms with Gasteiger partial charge in [0.2, 0.25) is 0 Å². The van der Waals surface area contributed by atoms with Gasteiger partial charge in [-0.3, -0.25) is 4.90 Å². The summed E-state index contributed by atoms with van der Waals surface area (Å²) in [6.45, 7) is 11.6. The highest BCUT2D eigenvalue weighted by atomic mass is 15.3. The van der Waals surface area contributed by atoms with Crippen LogP contribution in [0.3, 0.4) is 0 Å². The van der Waals surface area contributed by atoms with Crippen molar-refractivity contribution < 1.29 is 0 Å². The summed E-state index contributed by atoms with van der Waals surface area (Å²) in [6.07, 6.45) is 2.37. The highest BCUT2D eigenvalue weighted by Crippen LogP contribution is 2.03. The Morgan fingerprint density at radius 1 is 1.07 bits per heavy atom. The third-order valence-electron chi connectivity index (χ3n) is 3.06. The van der Waals surface area contributed by atoms with Gasteiger partial charge >= 0.3 is 0 Å². The van der Waals surface area contributed by atoms with Crippen LogP contribution in [0.1, 0.15) is 26.7 Å². The Hall–Kier alpha value is -0.120. The van der Waals surface area contributed by atoms with Gasteiger partial charge in [0.15, 0.2) is 0 Å². The zero-order chi connectivity index (χ0) is 10.4. The predicted molar refractivity (Wildman–Crippen MR) is 61.4 cm³/mol. The molecule has 1 heterocycles. The van der Waals surface area contributed by atoms with Crippen molar-refractivity contribution >= 4 is 0 Å². The van der Waals surface area contributed by atoms with Gasteiger partial charge in [0.05, 0.1) is 0 Å². The average Bonchev–Trinajstić information content (AvgIpc) is 2.19. The molecule has 1 fully saturated rings. The first-order valence-electron chi connectivity index (χ1n) is 5.96. The predicted octanol–water partition coefficient (Wildman–Crippen LogP) is 0.751. The van der Waals surface area contributed by atoms with Crippen molar-refractivity contribution in [3.05, 3.63) is 0 Å². The second-order valence-electron chi connectivity index (χ2n) is 4.28. The van der Waals surface area contributed by atoms with Crippen LogP contribution in [0, 0.1) is 0 Å². The molecule has 0 saturated carbocycles. The maximum absolute atomic E-state index is 6.03. The molecule has 1 unspecified atom stereocenters. The van der Waals surface area contributed by atoms with Crippen molar-refractivity contribution in [3.8, 4) is 0 Å². The number of hydrogen-bond donors (Lipinski definition) is 1. The number of nitrogens with zero attached hydrogens (tertiary/aromatic N) is 2. The van der Waals surface area contributed by atoms with Crippen molar-refractivity contribution in [3.63, 3.8) is 0 Å². The maximum Gasteiger partial charge on any atom is 0.0167 e. The van der Waals surface area contributed by atoms with Gasteiger partial charge in [-0.25, -0.2) is 0 Å². The second-order valence-corrected chi connectivity index (χ2v) is 4.28. The second kappa shape index (κ2) is 6.38. The van der Waals surface area contributed by atoms with E-state index in [0.29, 0.717) is 6.04 Å². The Labute approximate surface area is 88.2 Å². The fourth-order valence-electron chi connectivity index (χ4n) is 2.08. The van der Waals surface area contributed by atoms with Gasteiger partial charge in [-0.2, -0.15) is 0 Å². The summed E-state index contributed by atoms with van der Waals surface area (Å²) >= 11 is 0. The molecule has 0 bridgehead atoms. The lowest BCUT2D eigenvalue weighted by atomic mass is 10.1.